The number of thioether (sulfide) groups is 1. The molecule has 1 N–H and O–H groups in total. The van der Waals surface area contributed by atoms with Crippen LogP contribution >= 0.6 is 23.4 Å². The Hall–Kier alpha value is -3.61. The van der Waals surface area contributed by atoms with Crippen molar-refractivity contribution in [2.24, 2.45) is 0 Å². The van der Waals surface area contributed by atoms with Gasteiger partial charge in [-0.1, -0.05) is 59.8 Å². The molecule has 5 nitrogen and oxygen atoms in total. The third-order valence-electron chi connectivity index (χ3n) is 5.97. The summed E-state index contributed by atoms with van der Waals surface area (Å²) in [6, 6.07) is 23.6. The van der Waals surface area contributed by atoms with Crippen molar-refractivity contribution in [1.82, 2.24) is 14.5 Å². The van der Waals surface area contributed by atoms with E-state index in [0.717, 1.165) is 54.9 Å². The first-order valence-corrected chi connectivity index (χ1v) is 13.0. The fraction of sp³-hybridized carbons (Fsp3) is 0.138. The van der Waals surface area contributed by atoms with E-state index >= 15 is 0 Å². The summed E-state index contributed by atoms with van der Waals surface area (Å²) in [4.78, 5) is 22.0. The zero-order valence-electron chi connectivity index (χ0n) is 20.0. The van der Waals surface area contributed by atoms with Crippen LogP contribution in [0.15, 0.2) is 90.3 Å². The van der Waals surface area contributed by atoms with Crippen LogP contribution in [0.25, 0.3) is 11.0 Å². The van der Waals surface area contributed by atoms with Gasteiger partial charge in [-0.05, 0) is 72.5 Å². The van der Waals surface area contributed by atoms with E-state index in [-0.39, 0.29) is 5.91 Å². The molecular weight excluding hydrogens is 488 g/mol. The number of anilines is 1. The average molecular weight is 513 g/mol. The molecule has 0 unspecified atom stereocenters. The Labute approximate surface area is 219 Å². The lowest BCUT2D eigenvalue weighted by atomic mass is 10.1. The Morgan fingerprint density at radius 3 is 2.64 bits per heavy atom. The van der Waals surface area contributed by atoms with Gasteiger partial charge in [0.05, 0.1) is 23.8 Å². The lowest BCUT2D eigenvalue weighted by molar-refractivity contribution is 0.102. The second-order valence-corrected chi connectivity index (χ2v) is 10.1. The van der Waals surface area contributed by atoms with E-state index in [4.69, 9.17) is 16.6 Å². The van der Waals surface area contributed by atoms with Crippen LogP contribution in [0.3, 0.4) is 0 Å². The zero-order chi connectivity index (χ0) is 25.1. The van der Waals surface area contributed by atoms with E-state index in [1.165, 1.54) is 0 Å². The number of hydrogen-bond acceptors (Lipinski definition) is 4. The number of aromatic nitrogens is 3. The molecule has 0 spiro atoms. The minimum atomic E-state index is -0.120. The molecular formula is C29H25ClN4OS. The Balaban J connectivity index is 1.35. The second kappa shape index (κ2) is 10.6. The van der Waals surface area contributed by atoms with E-state index in [0.29, 0.717) is 12.1 Å². The van der Waals surface area contributed by atoms with Gasteiger partial charge in [-0.25, -0.2) is 4.98 Å². The molecule has 3 aromatic carbocycles. The largest absolute Gasteiger partial charge is 0.322 e. The van der Waals surface area contributed by atoms with Crippen molar-refractivity contribution in [1.29, 1.82) is 0 Å². The van der Waals surface area contributed by atoms with E-state index in [9.17, 15) is 4.79 Å². The summed E-state index contributed by atoms with van der Waals surface area (Å²) >= 11 is 7.82. The average Bonchev–Trinajstić information content (AvgIpc) is 3.22. The van der Waals surface area contributed by atoms with E-state index < -0.39 is 0 Å². The number of carbonyl (C=O) groups excluding carboxylic acids is 1. The van der Waals surface area contributed by atoms with Crippen LogP contribution in [-0.4, -0.2) is 20.4 Å². The molecule has 0 radical (unpaired) electrons. The van der Waals surface area contributed by atoms with Crippen LogP contribution in [-0.2, 0) is 12.3 Å². The summed E-state index contributed by atoms with van der Waals surface area (Å²) in [5, 5.41) is 4.67. The second-order valence-electron chi connectivity index (χ2n) is 8.73. The molecule has 7 heteroatoms. The number of benzene rings is 3. The van der Waals surface area contributed by atoms with Crippen LogP contribution < -0.4 is 5.32 Å². The standard InChI is InChI=1S/C29H25ClN4OS/c1-19-6-7-20(2)26(14-19)32-28(35)23-10-8-21(9-11-23)17-34-27-16-31-13-12-25(27)33-29(34)36-18-22-4-3-5-24(30)15-22/h3-16H,17-18H2,1-2H3,(H,32,35). The first kappa shape index (κ1) is 24.1. The number of halogens is 1. The van der Waals surface area contributed by atoms with Gasteiger partial charge in [-0.15, -0.1) is 0 Å². The van der Waals surface area contributed by atoms with Crippen molar-refractivity contribution < 1.29 is 4.79 Å². The number of hydrogen-bond donors (Lipinski definition) is 1. The predicted molar refractivity (Wildman–Crippen MR) is 148 cm³/mol. The highest BCUT2D eigenvalue weighted by atomic mass is 35.5. The maximum Gasteiger partial charge on any atom is 0.255 e. The summed E-state index contributed by atoms with van der Waals surface area (Å²) in [6.07, 6.45) is 3.60. The van der Waals surface area contributed by atoms with Crippen molar-refractivity contribution in [3.63, 3.8) is 0 Å². The fourth-order valence-electron chi connectivity index (χ4n) is 3.99. The molecule has 0 aliphatic heterocycles. The molecule has 0 bridgehead atoms. The number of carbonyl (C=O) groups is 1. The highest BCUT2D eigenvalue weighted by molar-refractivity contribution is 7.98. The zero-order valence-corrected chi connectivity index (χ0v) is 21.6. The first-order valence-electron chi connectivity index (χ1n) is 11.6. The summed E-state index contributed by atoms with van der Waals surface area (Å²) in [5.74, 6) is 0.639. The molecule has 0 saturated carbocycles. The van der Waals surface area contributed by atoms with Crippen molar-refractivity contribution in [2.45, 2.75) is 31.3 Å². The molecule has 36 heavy (non-hydrogen) atoms. The van der Waals surface area contributed by atoms with Crippen LogP contribution in [0.1, 0.15) is 32.6 Å². The molecule has 5 rings (SSSR count). The van der Waals surface area contributed by atoms with Gasteiger partial charge < -0.3 is 9.88 Å². The highest BCUT2D eigenvalue weighted by Crippen LogP contribution is 2.28. The Morgan fingerprint density at radius 2 is 1.83 bits per heavy atom. The van der Waals surface area contributed by atoms with Gasteiger partial charge in [0.2, 0.25) is 0 Å². The monoisotopic (exact) mass is 512 g/mol. The minimum Gasteiger partial charge on any atom is -0.322 e. The third kappa shape index (κ3) is 5.45. The summed E-state index contributed by atoms with van der Waals surface area (Å²) in [5.41, 5.74) is 7.70. The number of aryl methyl sites for hydroxylation is 2. The van der Waals surface area contributed by atoms with E-state index in [1.807, 2.05) is 86.8 Å². The smallest absolute Gasteiger partial charge is 0.255 e. The molecule has 1 amide bonds. The maximum absolute atomic E-state index is 12.8. The van der Waals surface area contributed by atoms with Crippen molar-refractivity contribution >= 4 is 46.0 Å². The van der Waals surface area contributed by atoms with Crippen LogP contribution in [0.5, 0.6) is 0 Å². The number of pyridine rings is 1. The maximum atomic E-state index is 12.8. The molecule has 0 saturated heterocycles. The summed E-state index contributed by atoms with van der Waals surface area (Å²) < 4.78 is 2.17. The van der Waals surface area contributed by atoms with Gasteiger partial charge in [-0.2, -0.15) is 0 Å². The Kier molecular flexibility index (Phi) is 7.07. The summed E-state index contributed by atoms with van der Waals surface area (Å²) in [7, 11) is 0. The number of nitrogens with one attached hydrogen (secondary N) is 1. The van der Waals surface area contributed by atoms with Gasteiger partial charge in [-0.3, -0.25) is 9.78 Å². The molecule has 5 aromatic rings. The van der Waals surface area contributed by atoms with Crippen LogP contribution in [0.2, 0.25) is 5.02 Å². The number of amides is 1. The minimum absolute atomic E-state index is 0.120. The molecule has 2 aromatic heterocycles. The van der Waals surface area contributed by atoms with Crippen LogP contribution in [0, 0.1) is 13.8 Å². The number of nitrogens with zero attached hydrogens (tertiary/aromatic N) is 3. The number of imidazole rings is 1. The number of rotatable bonds is 7. The van der Waals surface area contributed by atoms with Crippen molar-refractivity contribution in [2.75, 3.05) is 5.32 Å². The predicted octanol–water partition coefficient (Wildman–Crippen LogP) is 7.29. The van der Waals surface area contributed by atoms with E-state index in [2.05, 4.69) is 20.9 Å². The van der Waals surface area contributed by atoms with Gasteiger partial charge in [0.15, 0.2) is 5.16 Å². The first-order chi connectivity index (χ1) is 17.5. The molecule has 0 aliphatic rings. The normalized spacial score (nSPS) is 11.1. The topological polar surface area (TPSA) is 59.8 Å². The van der Waals surface area contributed by atoms with Gasteiger partial charge in [0.25, 0.3) is 5.91 Å². The van der Waals surface area contributed by atoms with Gasteiger partial charge in [0, 0.05) is 28.2 Å². The molecule has 0 aliphatic carbocycles. The Bertz CT molecular complexity index is 1550. The van der Waals surface area contributed by atoms with Crippen molar-refractivity contribution in [3.05, 3.63) is 118 Å². The Morgan fingerprint density at radius 1 is 1.00 bits per heavy atom. The lowest BCUT2D eigenvalue weighted by Crippen LogP contribution is -2.13. The van der Waals surface area contributed by atoms with E-state index in [1.54, 1.807) is 18.0 Å². The summed E-state index contributed by atoms with van der Waals surface area (Å²) in [6.45, 7) is 4.63. The highest BCUT2D eigenvalue weighted by Gasteiger charge is 2.13. The molecule has 0 atom stereocenters. The van der Waals surface area contributed by atoms with Crippen LogP contribution in [0.4, 0.5) is 5.69 Å². The molecule has 2 heterocycles. The fourth-order valence-corrected chi connectivity index (χ4v) is 5.16. The lowest BCUT2D eigenvalue weighted by Gasteiger charge is -2.11. The van der Waals surface area contributed by atoms with Crippen molar-refractivity contribution in [3.8, 4) is 0 Å². The molecule has 0 fully saturated rings. The number of fused-ring (bicyclic) bond motifs is 1. The third-order valence-corrected chi connectivity index (χ3v) is 7.25. The van der Waals surface area contributed by atoms with Gasteiger partial charge in [0.1, 0.15) is 0 Å². The quantitative estimate of drug-likeness (QED) is 0.232. The molecule has 180 valence electrons. The SMILES string of the molecule is Cc1ccc(C)c(NC(=O)c2ccc(Cn3c(SCc4cccc(Cl)c4)nc4ccncc43)cc2)c1. The van der Waals surface area contributed by atoms with Gasteiger partial charge >= 0.3 is 0 Å².